The van der Waals surface area contributed by atoms with Gasteiger partial charge in [0.25, 0.3) is 15.9 Å². The molecule has 0 bridgehead atoms. The molecule has 0 spiro atoms. The van der Waals surface area contributed by atoms with Crippen molar-refractivity contribution in [1.82, 2.24) is 4.90 Å². The molecule has 0 radical (unpaired) electrons. The molecule has 0 aliphatic heterocycles. The standard InChI is InChI=1S/C22H20Cl2N2O3S/c1-25(15-16-8-13-20(23)21(24)14-16)22(27)17-9-11-19(12-10-17)30(28,29)26(2)18-6-4-3-5-7-18/h3-14H,15H2,1-2H3. The summed E-state index contributed by atoms with van der Waals surface area (Å²) in [5.74, 6) is -0.235. The first kappa shape index (κ1) is 22.2. The van der Waals surface area contributed by atoms with Gasteiger partial charge in [0.1, 0.15) is 0 Å². The fourth-order valence-corrected chi connectivity index (χ4v) is 4.42. The van der Waals surface area contributed by atoms with Gasteiger partial charge in [-0.05, 0) is 54.1 Å². The number of carbonyl (C=O) groups excluding carboxylic acids is 1. The second-order valence-corrected chi connectivity index (χ2v) is 9.53. The number of benzene rings is 3. The van der Waals surface area contributed by atoms with Crippen LogP contribution in [0.4, 0.5) is 5.69 Å². The Hall–Kier alpha value is -2.54. The van der Waals surface area contributed by atoms with Gasteiger partial charge in [-0.25, -0.2) is 8.42 Å². The summed E-state index contributed by atoms with van der Waals surface area (Å²) in [4.78, 5) is 14.4. The summed E-state index contributed by atoms with van der Waals surface area (Å²) < 4.78 is 26.9. The normalized spacial score (nSPS) is 11.2. The van der Waals surface area contributed by atoms with Crippen molar-refractivity contribution in [2.24, 2.45) is 0 Å². The largest absolute Gasteiger partial charge is 0.337 e. The number of amides is 1. The maximum atomic E-state index is 12.9. The first-order valence-electron chi connectivity index (χ1n) is 9.03. The highest BCUT2D eigenvalue weighted by Gasteiger charge is 2.22. The van der Waals surface area contributed by atoms with Crippen molar-refractivity contribution < 1.29 is 13.2 Å². The molecule has 0 fully saturated rings. The summed E-state index contributed by atoms with van der Waals surface area (Å²) in [6, 6.07) is 19.9. The van der Waals surface area contributed by atoms with E-state index in [2.05, 4.69) is 0 Å². The fourth-order valence-electron chi connectivity index (χ4n) is 2.91. The molecular formula is C22H20Cl2N2O3S. The van der Waals surface area contributed by atoms with Crippen LogP contribution in [0.5, 0.6) is 0 Å². The van der Waals surface area contributed by atoms with E-state index >= 15 is 0 Å². The highest BCUT2D eigenvalue weighted by atomic mass is 35.5. The van der Waals surface area contributed by atoms with Crippen LogP contribution >= 0.6 is 23.2 Å². The quantitative estimate of drug-likeness (QED) is 0.512. The van der Waals surface area contributed by atoms with E-state index in [1.807, 2.05) is 6.07 Å². The highest BCUT2D eigenvalue weighted by Crippen LogP contribution is 2.24. The predicted octanol–water partition coefficient (Wildman–Crippen LogP) is 5.09. The number of sulfonamides is 1. The minimum absolute atomic E-state index is 0.109. The lowest BCUT2D eigenvalue weighted by Gasteiger charge is -2.20. The Balaban J connectivity index is 1.75. The third-order valence-electron chi connectivity index (χ3n) is 4.63. The van der Waals surface area contributed by atoms with Gasteiger partial charge in [-0.3, -0.25) is 9.10 Å². The van der Waals surface area contributed by atoms with Gasteiger partial charge in [0.05, 0.1) is 20.6 Å². The minimum Gasteiger partial charge on any atom is -0.337 e. The van der Waals surface area contributed by atoms with Crippen LogP contribution in [0, 0.1) is 0 Å². The van der Waals surface area contributed by atoms with Gasteiger partial charge in [-0.15, -0.1) is 0 Å². The van der Waals surface area contributed by atoms with Gasteiger partial charge in [-0.2, -0.15) is 0 Å². The molecule has 156 valence electrons. The summed E-state index contributed by atoms with van der Waals surface area (Å²) in [5.41, 5.74) is 1.78. The maximum Gasteiger partial charge on any atom is 0.264 e. The zero-order valence-electron chi connectivity index (χ0n) is 16.4. The van der Waals surface area contributed by atoms with Crippen molar-refractivity contribution in [3.05, 3.63) is 94.0 Å². The predicted molar refractivity (Wildman–Crippen MR) is 121 cm³/mol. The lowest BCUT2D eigenvalue weighted by molar-refractivity contribution is 0.0785. The van der Waals surface area contributed by atoms with Crippen LogP contribution < -0.4 is 4.31 Å². The second kappa shape index (κ2) is 9.08. The Morgan fingerprint density at radius 2 is 1.50 bits per heavy atom. The van der Waals surface area contributed by atoms with Gasteiger partial charge >= 0.3 is 0 Å². The molecule has 0 atom stereocenters. The Morgan fingerprint density at radius 3 is 2.10 bits per heavy atom. The Morgan fingerprint density at radius 1 is 0.867 bits per heavy atom. The number of anilines is 1. The number of para-hydroxylation sites is 1. The van der Waals surface area contributed by atoms with Crippen LogP contribution in [0.1, 0.15) is 15.9 Å². The van der Waals surface area contributed by atoms with Crippen molar-refractivity contribution in [2.75, 3.05) is 18.4 Å². The number of carbonyl (C=O) groups is 1. The first-order chi connectivity index (χ1) is 14.2. The van der Waals surface area contributed by atoms with Crippen molar-refractivity contribution in [3.8, 4) is 0 Å². The Kier molecular flexibility index (Phi) is 6.71. The number of hydrogen-bond acceptors (Lipinski definition) is 3. The zero-order chi connectivity index (χ0) is 21.9. The molecule has 0 saturated carbocycles. The molecule has 0 N–H and O–H groups in total. The molecule has 0 aromatic heterocycles. The molecule has 0 aliphatic carbocycles. The molecule has 1 amide bonds. The number of rotatable bonds is 6. The van der Waals surface area contributed by atoms with Crippen molar-refractivity contribution in [3.63, 3.8) is 0 Å². The van der Waals surface area contributed by atoms with E-state index < -0.39 is 10.0 Å². The summed E-state index contributed by atoms with van der Waals surface area (Å²) >= 11 is 12.0. The van der Waals surface area contributed by atoms with Crippen LogP contribution in [-0.2, 0) is 16.6 Å². The van der Waals surface area contributed by atoms with Crippen LogP contribution in [0.3, 0.4) is 0 Å². The van der Waals surface area contributed by atoms with E-state index in [0.29, 0.717) is 27.8 Å². The van der Waals surface area contributed by atoms with E-state index in [1.165, 1.54) is 40.5 Å². The summed E-state index contributed by atoms with van der Waals surface area (Å²) in [6.07, 6.45) is 0. The van der Waals surface area contributed by atoms with E-state index in [9.17, 15) is 13.2 Å². The summed E-state index contributed by atoms with van der Waals surface area (Å²) in [6.45, 7) is 0.340. The highest BCUT2D eigenvalue weighted by molar-refractivity contribution is 7.92. The summed E-state index contributed by atoms with van der Waals surface area (Å²) in [7, 11) is -0.571. The molecule has 8 heteroatoms. The Bertz CT molecular complexity index is 1150. The van der Waals surface area contributed by atoms with Crippen LogP contribution in [0.2, 0.25) is 10.0 Å². The molecule has 0 saturated heterocycles. The van der Waals surface area contributed by atoms with Gasteiger partial charge in [0, 0.05) is 26.2 Å². The minimum atomic E-state index is -3.73. The van der Waals surface area contributed by atoms with Crippen molar-refractivity contribution in [1.29, 1.82) is 0 Å². The van der Waals surface area contributed by atoms with Crippen LogP contribution in [0.25, 0.3) is 0 Å². The van der Waals surface area contributed by atoms with Gasteiger partial charge in [0.15, 0.2) is 0 Å². The molecule has 30 heavy (non-hydrogen) atoms. The zero-order valence-corrected chi connectivity index (χ0v) is 18.7. The molecule has 5 nitrogen and oxygen atoms in total. The summed E-state index contributed by atoms with van der Waals surface area (Å²) in [5, 5.41) is 0.874. The van der Waals surface area contributed by atoms with Gasteiger partial charge in [-0.1, -0.05) is 47.5 Å². The maximum absolute atomic E-state index is 12.9. The third kappa shape index (κ3) is 4.78. The third-order valence-corrected chi connectivity index (χ3v) is 7.17. The van der Waals surface area contributed by atoms with Gasteiger partial charge in [0.2, 0.25) is 0 Å². The molecule has 0 heterocycles. The van der Waals surface area contributed by atoms with E-state index in [0.717, 1.165) is 5.56 Å². The van der Waals surface area contributed by atoms with Gasteiger partial charge < -0.3 is 4.90 Å². The van der Waals surface area contributed by atoms with Crippen LogP contribution in [-0.4, -0.2) is 33.3 Å². The van der Waals surface area contributed by atoms with Crippen LogP contribution in [0.15, 0.2) is 77.7 Å². The lowest BCUT2D eigenvalue weighted by Crippen LogP contribution is -2.27. The first-order valence-corrected chi connectivity index (χ1v) is 11.2. The van der Waals surface area contributed by atoms with E-state index in [4.69, 9.17) is 23.2 Å². The number of halogens is 2. The van der Waals surface area contributed by atoms with E-state index in [-0.39, 0.29) is 10.8 Å². The monoisotopic (exact) mass is 462 g/mol. The second-order valence-electron chi connectivity index (χ2n) is 6.74. The average molecular weight is 463 g/mol. The van der Waals surface area contributed by atoms with Crippen molar-refractivity contribution >= 4 is 44.8 Å². The molecule has 0 aliphatic rings. The molecule has 3 aromatic rings. The lowest BCUT2D eigenvalue weighted by atomic mass is 10.1. The van der Waals surface area contributed by atoms with E-state index in [1.54, 1.807) is 49.5 Å². The average Bonchev–Trinajstić information content (AvgIpc) is 2.76. The number of hydrogen-bond donors (Lipinski definition) is 0. The molecule has 3 rings (SSSR count). The smallest absolute Gasteiger partial charge is 0.264 e. The molecular weight excluding hydrogens is 443 g/mol. The SMILES string of the molecule is CN(Cc1ccc(Cl)c(Cl)c1)C(=O)c1ccc(S(=O)(=O)N(C)c2ccccc2)cc1. The number of nitrogens with zero attached hydrogens (tertiary/aromatic N) is 2. The van der Waals surface area contributed by atoms with Crippen molar-refractivity contribution in [2.45, 2.75) is 11.4 Å². The fraction of sp³-hybridized carbons (Fsp3) is 0.136. The topological polar surface area (TPSA) is 57.7 Å². The molecule has 0 unspecified atom stereocenters. The Labute approximate surface area is 186 Å². The molecule has 3 aromatic carbocycles.